The van der Waals surface area contributed by atoms with Gasteiger partial charge in [0.2, 0.25) is 0 Å². The van der Waals surface area contributed by atoms with Crippen molar-refractivity contribution in [3.05, 3.63) is 58.1 Å². The van der Waals surface area contributed by atoms with Crippen LogP contribution in [0.5, 0.6) is 11.5 Å². The van der Waals surface area contributed by atoms with Gasteiger partial charge in [-0.25, -0.2) is 0 Å². The van der Waals surface area contributed by atoms with Crippen LogP contribution in [0.2, 0.25) is 5.02 Å². The second-order valence-corrected chi connectivity index (χ2v) is 12.9. The fraction of sp³-hybridized carbons (Fsp3) is 0.625. The molecule has 37 heavy (non-hydrogen) atoms. The number of aliphatic hydroxyl groups excluding tert-OH is 1. The number of nitrogens with zero attached hydrogens (tertiary/aromatic N) is 1. The first kappa shape index (κ1) is 25.5. The van der Waals surface area contributed by atoms with E-state index in [2.05, 4.69) is 49.2 Å². The fourth-order valence-corrected chi connectivity index (χ4v) is 8.95. The number of phenols is 1. The monoisotopic (exact) mass is 523 g/mol. The second-order valence-electron chi connectivity index (χ2n) is 12.5. The molecule has 0 unspecified atom stereocenters. The Labute approximate surface area is 227 Å². The lowest BCUT2D eigenvalue weighted by atomic mass is 9.51. The number of likely N-dealkylation sites (N-methyl/N-ethyl adjacent to an activating group) is 1. The molecule has 0 amide bonds. The third kappa shape index (κ3) is 4.47. The van der Waals surface area contributed by atoms with Crippen molar-refractivity contribution in [2.45, 2.75) is 88.7 Å². The molecule has 5 heteroatoms. The van der Waals surface area contributed by atoms with E-state index in [0.29, 0.717) is 35.3 Å². The topological polar surface area (TPSA) is 52.9 Å². The van der Waals surface area contributed by atoms with E-state index in [4.69, 9.17) is 16.3 Å². The molecule has 0 saturated heterocycles. The van der Waals surface area contributed by atoms with Gasteiger partial charge >= 0.3 is 0 Å². The standard InChI is InChI=1S/C32H42ClNO3/c1-32-19-26(20-7-9-22(10-8-20)37-18-17-34(2)21-5-3-4-6-21)30-23-13-15-28(35)31(33)24(23)11-12-25(30)27(32)14-16-29(32)36/h7-10,13,15,21,25-27,29-30,35-36H,3-6,11-12,14,16-19H2,1-2H3/t25-,26+,27-,29-,30+,32-/m0/s1. The van der Waals surface area contributed by atoms with Crippen LogP contribution in [0, 0.1) is 17.3 Å². The van der Waals surface area contributed by atoms with E-state index in [1.807, 2.05) is 0 Å². The molecule has 6 atom stereocenters. The lowest BCUT2D eigenvalue weighted by molar-refractivity contribution is -0.0322. The van der Waals surface area contributed by atoms with Crippen molar-refractivity contribution in [3.63, 3.8) is 0 Å². The summed E-state index contributed by atoms with van der Waals surface area (Å²) in [6.45, 7) is 4.00. The van der Waals surface area contributed by atoms with Crippen LogP contribution in [-0.2, 0) is 6.42 Å². The van der Waals surface area contributed by atoms with Gasteiger partial charge < -0.3 is 19.8 Å². The average Bonchev–Trinajstić information content (AvgIpc) is 3.54. The number of ether oxygens (including phenoxy) is 1. The largest absolute Gasteiger partial charge is 0.506 e. The molecule has 2 N–H and O–H groups in total. The minimum Gasteiger partial charge on any atom is -0.506 e. The summed E-state index contributed by atoms with van der Waals surface area (Å²) in [5.74, 6) is 2.84. The first-order valence-electron chi connectivity index (χ1n) is 14.5. The molecule has 4 aliphatic rings. The quantitative estimate of drug-likeness (QED) is 0.432. The molecule has 0 bridgehead atoms. The summed E-state index contributed by atoms with van der Waals surface area (Å²) in [5, 5.41) is 21.9. The summed E-state index contributed by atoms with van der Waals surface area (Å²) >= 11 is 6.62. The summed E-state index contributed by atoms with van der Waals surface area (Å²) in [4.78, 5) is 2.46. The zero-order valence-corrected chi connectivity index (χ0v) is 23.1. The van der Waals surface area contributed by atoms with Crippen LogP contribution in [0.25, 0.3) is 0 Å². The van der Waals surface area contributed by atoms with Crippen LogP contribution in [0.15, 0.2) is 36.4 Å². The van der Waals surface area contributed by atoms with Gasteiger partial charge in [-0.3, -0.25) is 0 Å². The van der Waals surface area contributed by atoms with Gasteiger partial charge in [0.15, 0.2) is 0 Å². The zero-order valence-electron chi connectivity index (χ0n) is 22.3. The Morgan fingerprint density at radius 1 is 1.03 bits per heavy atom. The maximum Gasteiger partial charge on any atom is 0.134 e. The van der Waals surface area contributed by atoms with Gasteiger partial charge in [-0.2, -0.15) is 0 Å². The van der Waals surface area contributed by atoms with Gasteiger partial charge in [0.05, 0.1) is 11.1 Å². The van der Waals surface area contributed by atoms with Crippen LogP contribution < -0.4 is 4.74 Å². The Hall–Kier alpha value is -1.75. The SMILES string of the molecule is CN(CCOc1ccc([C@H]2C[C@]3(C)[C@@H](O)CC[C@H]3[C@@H]3CCc4c(ccc(O)c4Cl)[C@H]32)cc1)C1CCCC1. The van der Waals surface area contributed by atoms with E-state index in [1.165, 1.54) is 36.8 Å². The van der Waals surface area contributed by atoms with Gasteiger partial charge in [-0.05, 0) is 116 Å². The summed E-state index contributed by atoms with van der Waals surface area (Å²) in [5.41, 5.74) is 3.70. The molecule has 4 nitrogen and oxygen atoms in total. The number of phenolic OH excluding ortho intramolecular Hbond substituents is 1. The third-order valence-corrected chi connectivity index (χ3v) is 11.2. The van der Waals surface area contributed by atoms with Crippen molar-refractivity contribution in [2.24, 2.45) is 17.3 Å². The fourth-order valence-electron chi connectivity index (χ4n) is 8.68. The number of aliphatic hydroxyl groups is 1. The molecule has 3 saturated carbocycles. The summed E-state index contributed by atoms with van der Waals surface area (Å²) < 4.78 is 6.15. The minimum absolute atomic E-state index is 0.0515. The highest BCUT2D eigenvalue weighted by atomic mass is 35.5. The van der Waals surface area contributed by atoms with E-state index in [1.54, 1.807) is 6.07 Å². The minimum atomic E-state index is -0.231. The van der Waals surface area contributed by atoms with Crippen molar-refractivity contribution < 1.29 is 14.9 Å². The second kappa shape index (κ2) is 10.1. The first-order valence-corrected chi connectivity index (χ1v) is 14.9. The van der Waals surface area contributed by atoms with E-state index >= 15 is 0 Å². The van der Waals surface area contributed by atoms with Gasteiger partial charge in [-0.1, -0.05) is 49.6 Å². The molecule has 0 heterocycles. The highest BCUT2D eigenvalue weighted by molar-refractivity contribution is 6.32. The third-order valence-electron chi connectivity index (χ3n) is 10.7. The van der Waals surface area contributed by atoms with Crippen LogP contribution in [0.4, 0.5) is 0 Å². The van der Waals surface area contributed by atoms with Crippen LogP contribution in [-0.4, -0.2) is 47.5 Å². The molecule has 0 aromatic heterocycles. The highest BCUT2D eigenvalue weighted by Crippen LogP contribution is 2.65. The summed E-state index contributed by atoms with van der Waals surface area (Å²) in [6.07, 6.45) is 10.1. The van der Waals surface area contributed by atoms with Gasteiger partial charge in [0.25, 0.3) is 0 Å². The normalized spacial score (nSPS) is 33.3. The maximum absolute atomic E-state index is 11.1. The van der Waals surface area contributed by atoms with E-state index in [-0.39, 0.29) is 17.3 Å². The van der Waals surface area contributed by atoms with Crippen LogP contribution >= 0.6 is 11.6 Å². The van der Waals surface area contributed by atoms with Gasteiger partial charge in [-0.15, -0.1) is 0 Å². The van der Waals surface area contributed by atoms with Gasteiger partial charge in [0, 0.05) is 12.6 Å². The van der Waals surface area contributed by atoms with Crippen molar-refractivity contribution in [1.82, 2.24) is 4.90 Å². The van der Waals surface area contributed by atoms with E-state index < -0.39 is 0 Å². The highest BCUT2D eigenvalue weighted by Gasteiger charge is 2.57. The lowest BCUT2D eigenvalue weighted by Gasteiger charge is -2.54. The summed E-state index contributed by atoms with van der Waals surface area (Å²) in [6, 6.07) is 13.4. The lowest BCUT2D eigenvalue weighted by Crippen LogP contribution is -2.47. The number of benzene rings is 2. The maximum atomic E-state index is 11.1. The van der Waals surface area contributed by atoms with Gasteiger partial charge in [0.1, 0.15) is 18.1 Å². The predicted octanol–water partition coefficient (Wildman–Crippen LogP) is 6.91. The Balaban J connectivity index is 1.24. The predicted molar refractivity (Wildman–Crippen MR) is 149 cm³/mol. The number of halogens is 1. The Morgan fingerprint density at radius 3 is 2.54 bits per heavy atom. The molecule has 0 radical (unpaired) electrons. The van der Waals surface area contributed by atoms with Crippen molar-refractivity contribution >= 4 is 11.6 Å². The first-order chi connectivity index (χ1) is 17.9. The molecular weight excluding hydrogens is 482 g/mol. The van der Waals surface area contributed by atoms with Crippen molar-refractivity contribution in [3.8, 4) is 11.5 Å². The number of hydrogen-bond acceptors (Lipinski definition) is 4. The molecule has 4 aliphatic carbocycles. The smallest absolute Gasteiger partial charge is 0.134 e. The Morgan fingerprint density at radius 2 is 1.78 bits per heavy atom. The van der Waals surface area contributed by atoms with E-state index in [0.717, 1.165) is 56.0 Å². The number of aromatic hydroxyl groups is 1. The summed E-state index contributed by atoms with van der Waals surface area (Å²) in [7, 11) is 2.22. The molecule has 2 aromatic carbocycles. The molecular formula is C32H42ClNO3. The molecule has 2 aromatic rings. The molecule has 0 spiro atoms. The van der Waals surface area contributed by atoms with Crippen LogP contribution in [0.1, 0.15) is 86.8 Å². The average molecular weight is 524 g/mol. The number of rotatable bonds is 6. The van der Waals surface area contributed by atoms with Crippen LogP contribution in [0.3, 0.4) is 0 Å². The molecule has 0 aliphatic heterocycles. The van der Waals surface area contributed by atoms with E-state index in [9.17, 15) is 10.2 Å². The zero-order chi connectivity index (χ0) is 25.7. The Kier molecular flexibility index (Phi) is 6.96. The Bertz CT molecular complexity index is 1110. The van der Waals surface area contributed by atoms with Crippen molar-refractivity contribution in [2.75, 3.05) is 20.2 Å². The number of hydrogen-bond donors (Lipinski definition) is 2. The van der Waals surface area contributed by atoms with Crippen molar-refractivity contribution in [1.29, 1.82) is 0 Å². The molecule has 3 fully saturated rings. The molecule has 6 rings (SSSR count). The number of fused-ring (bicyclic) bond motifs is 5. The molecule has 200 valence electrons.